The summed E-state index contributed by atoms with van der Waals surface area (Å²) in [4.78, 5) is 18.5. The summed E-state index contributed by atoms with van der Waals surface area (Å²) in [6, 6.07) is 12.0. The highest BCUT2D eigenvalue weighted by molar-refractivity contribution is 7.47. The number of aromatic nitrogens is 6. The Kier molecular flexibility index (Phi) is 21.9. The van der Waals surface area contributed by atoms with Crippen LogP contribution < -0.4 is 5.73 Å². The molecule has 4 aromatic rings. The Hall–Kier alpha value is -4.33. The molecule has 3 heterocycles. The van der Waals surface area contributed by atoms with Crippen LogP contribution in [0, 0.1) is 22.7 Å². The lowest BCUT2D eigenvalue weighted by atomic mass is 9.93. The SMILES string of the molecule is CCCCCCCCCCCCCCCCCCOC[C@H](COP(=O)(O)OC[C@@](C#N)(OC)[C@@H](O)[C@@H](O)c1ccc2c(N)ncnn12)OCc1ccc(-n2cncn2)c(C#N)c1. The molecule has 1 aromatic carbocycles. The van der Waals surface area contributed by atoms with E-state index in [-0.39, 0.29) is 24.7 Å². The van der Waals surface area contributed by atoms with Crippen molar-refractivity contribution in [1.82, 2.24) is 29.4 Å². The van der Waals surface area contributed by atoms with Crippen LogP contribution in [0.4, 0.5) is 5.82 Å². The molecule has 62 heavy (non-hydrogen) atoms. The molecule has 19 heteroatoms. The molecule has 0 amide bonds. The third-order valence-electron chi connectivity index (χ3n) is 10.8. The fraction of sp³-hybridized carbons (Fsp3) is 0.628. The quantitative estimate of drug-likeness (QED) is 0.0276. The number of aliphatic hydroxyl groups is 2. The number of anilines is 1. The molecule has 1 unspecified atom stereocenters. The Balaban J connectivity index is 1.26. The van der Waals surface area contributed by atoms with Gasteiger partial charge in [-0.15, -0.1) is 0 Å². The minimum absolute atomic E-state index is 0.00955. The number of hydrogen-bond acceptors (Lipinski definition) is 15. The summed E-state index contributed by atoms with van der Waals surface area (Å²) in [6.07, 6.45) is 19.5. The number of aliphatic hydroxyl groups excluding tert-OH is 2. The van der Waals surface area contributed by atoms with Crippen molar-refractivity contribution in [2.45, 2.75) is 140 Å². The Bertz CT molecular complexity index is 2020. The number of nitrogens with zero attached hydrogens (tertiary/aromatic N) is 8. The molecule has 0 radical (unpaired) electrons. The first-order valence-electron chi connectivity index (χ1n) is 21.7. The fourth-order valence-corrected chi connectivity index (χ4v) is 7.82. The number of phosphoric ester groups is 1. The Labute approximate surface area is 364 Å². The standard InChI is InChI=1S/C43H64N9O9P/c1-3-4-5-6-7-8-9-10-11-12-13-14-15-16-17-18-23-58-27-36(59-26-34-19-20-37(35(24-34)25-44)51-33-47-31-49-51)28-60-62(55,56)61-30-43(29-45,57-2)41(54)40(53)38-21-22-39-42(46)48-32-50-52(38)39/h19-22,24,31-33,36,40-41,53-54H,3-18,23,26-28,30H2,1-2H3,(H,55,56)(H2,46,48,50)/t36-,40+,41+,43-/m1/s1. The topological polar surface area (TPSA) is 258 Å². The first-order chi connectivity index (χ1) is 30.1. The van der Waals surface area contributed by atoms with Crippen LogP contribution in [0.1, 0.15) is 133 Å². The average molecular weight is 882 g/mol. The number of nitrogen functional groups attached to an aromatic ring is 1. The molecular formula is C43H64N9O9P. The van der Waals surface area contributed by atoms with Gasteiger partial charge in [-0.05, 0) is 36.2 Å². The van der Waals surface area contributed by atoms with E-state index >= 15 is 0 Å². The lowest BCUT2D eigenvalue weighted by Gasteiger charge is -2.33. The zero-order chi connectivity index (χ0) is 44.6. The third kappa shape index (κ3) is 15.8. The van der Waals surface area contributed by atoms with E-state index in [0.717, 1.165) is 32.7 Å². The molecule has 5 N–H and O–H groups in total. The molecule has 0 saturated carbocycles. The van der Waals surface area contributed by atoms with Crippen LogP contribution >= 0.6 is 7.82 Å². The van der Waals surface area contributed by atoms with Crippen LogP contribution in [0.2, 0.25) is 0 Å². The number of ether oxygens (including phenoxy) is 3. The van der Waals surface area contributed by atoms with Crippen molar-refractivity contribution < 1.29 is 42.9 Å². The van der Waals surface area contributed by atoms with Crippen molar-refractivity contribution in [3.8, 4) is 17.8 Å². The van der Waals surface area contributed by atoms with Crippen LogP contribution in [0.3, 0.4) is 0 Å². The van der Waals surface area contributed by atoms with E-state index in [1.54, 1.807) is 24.3 Å². The highest BCUT2D eigenvalue weighted by Gasteiger charge is 2.46. The summed E-state index contributed by atoms with van der Waals surface area (Å²) in [5.41, 5.74) is 5.48. The van der Waals surface area contributed by atoms with Gasteiger partial charge in [0.05, 0.1) is 36.8 Å². The Morgan fingerprint density at radius 1 is 0.871 bits per heavy atom. The predicted molar refractivity (Wildman–Crippen MR) is 230 cm³/mol. The third-order valence-corrected chi connectivity index (χ3v) is 11.7. The van der Waals surface area contributed by atoms with Crippen LogP contribution in [0.25, 0.3) is 11.2 Å². The number of methoxy groups -OCH3 is 1. The molecule has 0 aliphatic rings. The van der Waals surface area contributed by atoms with E-state index < -0.39 is 44.9 Å². The minimum Gasteiger partial charge on any atom is -0.386 e. The zero-order valence-electron chi connectivity index (χ0n) is 36.1. The molecule has 5 atom stereocenters. The van der Waals surface area contributed by atoms with E-state index in [9.17, 15) is 30.2 Å². The second-order valence-corrected chi connectivity index (χ2v) is 16.9. The number of phosphoric acid groups is 1. The van der Waals surface area contributed by atoms with Gasteiger partial charge in [0.15, 0.2) is 5.82 Å². The normalized spacial score (nSPS) is 15.1. The fourth-order valence-electron chi connectivity index (χ4n) is 7.04. The summed E-state index contributed by atoms with van der Waals surface area (Å²) in [7, 11) is -3.84. The maximum atomic E-state index is 13.2. The lowest BCUT2D eigenvalue weighted by Crippen LogP contribution is -2.50. The molecule has 0 aliphatic carbocycles. The molecule has 340 valence electrons. The number of rotatable bonds is 33. The number of fused-ring (bicyclic) bond motifs is 1. The molecule has 0 spiro atoms. The second-order valence-electron chi connectivity index (χ2n) is 15.4. The maximum Gasteiger partial charge on any atom is 0.472 e. The highest BCUT2D eigenvalue weighted by Crippen LogP contribution is 2.45. The van der Waals surface area contributed by atoms with Gasteiger partial charge < -0.3 is 35.1 Å². The van der Waals surface area contributed by atoms with Crippen LogP contribution in [-0.4, -0.2) is 95.8 Å². The van der Waals surface area contributed by atoms with E-state index in [0.29, 0.717) is 28.9 Å². The summed E-state index contributed by atoms with van der Waals surface area (Å²) in [6.45, 7) is 1.31. The van der Waals surface area contributed by atoms with Gasteiger partial charge in [-0.3, -0.25) is 9.05 Å². The molecule has 0 bridgehead atoms. The van der Waals surface area contributed by atoms with Gasteiger partial charge in [0.1, 0.15) is 61.6 Å². The summed E-state index contributed by atoms with van der Waals surface area (Å²) < 4.78 is 43.7. The van der Waals surface area contributed by atoms with Crippen molar-refractivity contribution in [3.05, 3.63) is 66.1 Å². The summed E-state index contributed by atoms with van der Waals surface area (Å²) in [5, 5.41) is 50.3. The molecule has 18 nitrogen and oxygen atoms in total. The molecular weight excluding hydrogens is 818 g/mol. The van der Waals surface area contributed by atoms with Gasteiger partial charge in [-0.25, -0.2) is 23.7 Å². The van der Waals surface area contributed by atoms with Crippen LogP contribution in [0.5, 0.6) is 0 Å². The second kappa shape index (κ2) is 27.0. The van der Waals surface area contributed by atoms with Crippen molar-refractivity contribution in [2.24, 2.45) is 0 Å². The van der Waals surface area contributed by atoms with Crippen LogP contribution in [-0.2, 0) is 34.4 Å². The average Bonchev–Trinajstić information content (AvgIpc) is 3.99. The summed E-state index contributed by atoms with van der Waals surface area (Å²) in [5.74, 6) is 0.119. The highest BCUT2D eigenvalue weighted by atomic mass is 31.2. The van der Waals surface area contributed by atoms with E-state index in [2.05, 4.69) is 33.2 Å². The predicted octanol–water partition coefficient (Wildman–Crippen LogP) is 7.06. The lowest BCUT2D eigenvalue weighted by molar-refractivity contribution is -0.134. The van der Waals surface area contributed by atoms with Crippen molar-refractivity contribution >= 4 is 19.2 Å². The van der Waals surface area contributed by atoms with Crippen molar-refractivity contribution in [2.75, 3.05) is 39.3 Å². The monoisotopic (exact) mass is 881 g/mol. The summed E-state index contributed by atoms with van der Waals surface area (Å²) >= 11 is 0. The van der Waals surface area contributed by atoms with E-state index in [1.807, 2.05) is 0 Å². The van der Waals surface area contributed by atoms with Gasteiger partial charge in [-0.2, -0.15) is 20.7 Å². The van der Waals surface area contributed by atoms with Gasteiger partial charge >= 0.3 is 7.82 Å². The minimum atomic E-state index is -4.93. The number of unbranched alkanes of at least 4 members (excludes halogenated alkanes) is 15. The smallest absolute Gasteiger partial charge is 0.386 e. The molecule has 3 aromatic heterocycles. The maximum absolute atomic E-state index is 13.2. The first-order valence-corrected chi connectivity index (χ1v) is 23.2. The molecule has 0 fully saturated rings. The molecule has 0 aliphatic heterocycles. The van der Waals surface area contributed by atoms with Gasteiger partial charge in [-0.1, -0.05) is 109 Å². The van der Waals surface area contributed by atoms with Gasteiger partial charge in [0.25, 0.3) is 0 Å². The largest absolute Gasteiger partial charge is 0.472 e. The number of hydrogen-bond donors (Lipinski definition) is 4. The Morgan fingerprint density at radius 2 is 1.53 bits per heavy atom. The van der Waals surface area contributed by atoms with Crippen molar-refractivity contribution in [3.63, 3.8) is 0 Å². The van der Waals surface area contributed by atoms with Gasteiger partial charge in [0.2, 0.25) is 5.60 Å². The van der Waals surface area contributed by atoms with E-state index in [4.69, 9.17) is 29.0 Å². The van der Waals surface area contributed by atoms with Gasteiger partial charge in [0, 0.05) is 13.7 Å². The number of nitriles is 2. The zero-order valence-corrected chi connectivity index (χ0v) is 37.0. The molecule has 0 saturated heterocycles. The number of nitrogens with two attached hydrogens (primary N) is 1. The number of benzene rings is 1. The van der Waals surface area contributed by atoms with Crippen molar-refractivity contribution in [1.29, 1.82) is 10.5 Å². The molecule has 4 rings (SSSR count). The first kappa shape index (κ1) is 50.3. The Morgan fingerprint density at radius 3 is 2.13 bits per heavy atom. The van der Waals surface area contributed by atoms with E-state index in [1.165, 1.54) is 117 Å². The van der Waals surface area contributed by atoms with Crippen LogP contribution in [0.15, 0.2) is 49.3 Å².